The van der Waals surface area contributed by atoms with E-state index in [1.54, 1.807) is 29.9 Å². The van der Waals surface area contributed by atoms with E-state index >= 15 is 0 Å². The molecule has 7 nitrogen and oxygen atoms in total. The SMILES string of the molecule is Cn1ccnc1C(=O)c1ccc(NCCC2CCCC2)c([N+](=O)[O-])c1. The van der Waals surface area contributed by atoms with Crippen molar-refractivity contribution in [1.29, 1.82) is 0 Å². The van der Waals surface area contributed by atoms with Crippen molar-refractivity contribution in [3.05, 3.63) is 52.1 Å². The minimum absolute atomic E-state index is 0.0773. The highest BCUT2D eigenvalue weighted by Gasteiger charge is 2.21. The first-order valence-corrected chi connectivity index (χ1v) is 8.60. The Kier molecular flexibility index (Phi) is 5.11. The molecule has 0 bridgehead atoms. The quantitative estimate of drug-likeness (QED) is 0.472. The van der Waals surface area contributed by atoms with Gasteiger partial charge < -0.3 is 9.88 Å². The zero-order valence-corrected chi connectivity index (χ0v) is 14.3. The lowest BCUT2D eigenvalue weighted by Gasteiger charge is -2.11. The van der Waals surface area contributed by atoms with E-state index < -0.39 is 4.92 Å². The molecule has 0 atom stereocenters. The van der Waals surface area contributed by atoms with Crippen LogP contribution in [-0.2, 0) is 7.05 Å². The minimum atomic E-state index is -0.451. The Morgan fingerprint density at radius 3 is 2.80 bits per heavy atom. The van der Waals surface area contributed by atoms with Crippen LogP contribution in [0.1, 0.15) is 48.3 Å². The van der Waals surface area contributed by atoms with E-state index in [1.165, 1.54) is 37.9 Å². The van der Waals surface area contributed by atoms with Crippen molar-refractivity contribution in [2.24, 2.45) is 13.0 Å². The number of aromatic nitrogens is 2. The standard InChI is InChI=1S/C18H22N4O3/c1-21-11-10-20-18(21)17(23)14-6-7-15(16(12-14)22(24)25)19-9-8-13-4-2-3-5-13/h6-7,10-13,19H,2-5,8-9H2,1H3. The number of ketones is 1. The Bertz CT molecular complexity index is 778. The average Bonchev–Trinajstić information content (AvgIpc) is 3.26. The third kappa shape index (κ3) is 3.87. The van der Waals surface area contributed by atoms with Gasteiger partial charge in [0.1, 0.15) is 5.69 Å². The van der Waals surface area contributed by atoms with Crippen LogP contribution in [0.25, 0.3) is 0 Å². The van der Waals surface area contributed by atoms with Gasteiger partial charge in [0.25, 0.3) is 5.69 Å². The van der Waals surface area contributed by atoms with Crippen molar-refractivity contribution in [2.45, 2.75) is 32.1 Å². The van der Waals surface area contributed by atoms with Crippen LogP contribution in [-0.4, -0.2) is 26.8 Å². The van der Waals surface area contributed by atoms with Gasteiger partial charge in [-0.05, 0) is 24.5 Å². The molecule has 0 amide bonds. The Morgan fingerprint density at radius 2 is 2.16 bits per heavy atom. The summed E-state index contributed by atoms with van der Waals surface area (Å²) in [7, 11) is 1.72. The number of hydrogen-bond acceptors (Lipinski definition) is 5. The minimum Gasteiger partial charge on any atom is -0.379 e. The molecule has 1 saturated carbocycles. The molecule has 1 aromatic carbocycles. The van der Waals surface area contributed by atoms with Crippen LogP contribution in [0.15, 0.2) is 30.6 Å². The van der Waals surface area contributed by atoms with Crippen molar-refractivity contribution in [2.75, 3.05) is 11.9 Å². The van der Waals surface area contributed by atoms with Crippen molar-refractivity contribution in [3.63, 3.8) is 0 Å². The van der Waals surface area contributed by atoms with Gasteiger partial charge in [-0.2, -0.15) is 0 Å². The number of nitro benzene ring substituents is 1. The Morgan fingerprint density at radius 1 is 1.40 bits per heavy atom. The number of carbonyl (C=O) groups is 1. The summed E-state index contributed by atoms with van der Waals surface area (Å²) < 4.78 is 1.60. The molecule has 3 rings (SSSR count). The Labute approximate surface area is 146 Å². The van der Waals surface area contributed by atoms with E-state index in [-0.39, 0.29) is 22.9 Å². The Hall–Kier alpha value is -2.70. The van der Waals surface area contributed by atoms with E-state index in [4.69, 9.17) is 0 Å². The van der Waals surface area contributed by atoms with Crippen LogP contribution in [0.2, 0.25) is 0 Å². The summed E-state index contributed by atoms with van der Waals surface area (Å²) >= 11 is 0. The highest BCUT2D eigenvalue weighted by molar-refractivity contribution is 6.07. The van der Waals surface area contributed by atoms with Crippen LogP contribution < -0.4 is 5.32 Å². The Balaban J connectivity index is 1.74. The molecule has 132 valence electrons. The van der Waals surface area contributed by atoms with Gasteiger partial charge in [0.15, 0.2) is 5.82 Å². The van der Waals surface area contributed by atoms with E-state index in [1.807, 2.05) is 0 Å². The number of anilines is 1. The van der Waals surface area contributed by atoms with Crippen molar-refractivity contribution < 1.29 is 9.72 Å². The summed E-state index contributed by atoms with van der Waals surface area (Å²) in [6, 6.07) is 4.56. The number of aryl methyl sites for hydroxylation is 1. The summed E-state index contributed by atoms with van der Waals surface area (Å²) in [4.78, 5) is 27.4. The summed E-state index contributed by atoms with van der Waals surface area (Å²) in [5.41, 5.74) is 0.646. The molecule has 0 radical (unpaired) electrons. The van der Waals surface area contributed by atoms with Gasteiger partial charge in [0.2, 0.25) is 5.78 Å². The predicted molar refractivity (Wildman–Crippen MR) is 94.8 cm³/mol. The van der Waals surface area contributed by atoms with Gasteiger partial charge in [0, 0.05) is 37.6 Å². The van der Waals surface area contributed by atoms with E-state index in [9.17, 15) is 14.9 Å². The molecule has 7 heteroatoms. The fraction of sp³-hybridized carbons (Fsp3) is 0.444. The summed E-state index contributed by atoms with van der Waals surface area (Å²) in [5.74, 6) is 0.653. The van der Waals surface area contributed by atoms with E-state index in [0.717, 1.165) is 12.3 Å². The second kappa shape index (κ2) is 7.46. The highest BCUT2D eigenvalue weighted by atomic mass is 16.6. The summed E-state index contributed by atoms with van der Waals surface area (Å²) in [5, 5.41) is 14.6. The lowest BCUT2D eigenvalue weighted by Crippen LogP contribution is -2.11. The summed E-state index contributed by atoms with van der Waals surface area (Å²) in [6.45, 7) is 0.707. The van der Waals surface area contributed by atoms with Gasteiger partial charge in [-0.25, -0.2) is 4.98 Å². The van der Waals surface area contributed by atoms with E-state index in [2.05, 4.69) is 10.3 Å². The fourth-order valence-corrected chi connectivity index (χ4v) is 3.40. The topological polar surface area (TPSA) is 90.1 Å². The van der Waals surface area contributed by atoms with Crippen LogP contribution in [0.4, 0.5) is 11.4 Å². The van der Waals surface area contributed by atoms with Crippen LogP contribution in [0.3, 0.4) is 0 Å². The molecule has 0 saturated heterocycles. The molecule has 2 aromatic rings. The van der Waals surface area contributed by atoms with Crippen molar-refractivity contribution >= 4 is 17.2 Å². The van der Waals surface area contributed by atoms with Gasteiger partial charge >= 0.3 is 0 Å². The number of imidazole rings is 1. The number of rotatable bonds is 7. The normalized spacial score (nSPS) is 14.6. The zero-order valence-electron chi connectivity index (χ0n) is 14.3. The molecule has 1 N–H and O–H groups in total. The second-order valence-electron chi connectivity index (χ2n) is 6.55. The second-order valence-corrected chi connectivity index (χ2v) is 6.55. The van der Waals surface area contributed by atoms with Crippen LogP contribution in [0, 0.1) is 16.0 Å². The molecule has 25 heavy (non-hydrogen) atoms. The largest absolute Gasteiger partial charge is 0.379 e. The molecule has 1 fully saturated rings. The number of hydrogen-bond donors (Lipinski definition) is 1. The number of nitrogens with one attached hydrogen (secondary N) is 1. The maximum Gasteiger partial charge on any atom is 0.293 e. The lowest BCUT2D eigenvalue weighted by molar-refractivity contribution is -0.384. The van der Waals surface area contributed by atoms with Gasteiger partial charge in [-0.15, -0.1) is 0 Å². The van der Waals surface area contributed by atoms with Crippen LogP contribution >= 0.6 is 0 Å². The first-order valence-electron chi connectivity index (χ1n) is 8.60. The lowest BCUT2D eigenvalue weighted by atomic mass is 10.0. The molecule has 0 spiro atoms. The monoisotopic (exact) mass is 342 g/mol. The first-order chi connectivity index (χ1) is 12.1. The number of nitrogens with zero attached hydrogens (tertiary/aromatic N) is 3. The molecule has 1 aromatic heterocycles. The molecule has 1 aliphatic carbocycles. The highest BCUT2D eigenvalue weighted by Crippen LogP contribution is 2.29. The first kappa shape index (κ1) is 17.1. The van der Waals surface area contributed by atoms with Crippen molar-refractivity contribution in [1.82, 2.24) is 9.55 Å². The smallest absolute Gasteiger partial charge is 0.293 e. The maximum absolute atomic E-state index is 12.5. The zero-order chi connectivity index (χ0) is 17.8. The molecule has 0 unspecified atom stereocenters. The third-order valence-electron chi connectivity index (χ3n) is 4.82. The van der Waals surface area contributed by atoms with Gasteiger partial charge in [-0.3, -0.25) is 14.9 Å². The number of carbonyl (C=O) groups excluding carboxylic acids is 1. The molecule has 0 aliphatic heterocycles. The third-order valence-corrected chi connectivity index (χ3v) is 4.82. The number of benzene rings is 1. The average molecular weight is 342 g/mol. The molecule has 1 aliphatic rings. The van der Waals surface area contributed by atoms with E-state index in [0.29, 0.717) is 12.2 Å². The molecular weight excluding hydrogens is 320 g/mol. The van der Waals surface area contributed by atoms with Crippen molar-refractivity contribution in [3.8, 4) is 0 Å². The molecular formula is C18H22N4O3. The summed E-state index contributed by atoms with van der Waals surface area (Å²) in [6.07, 6.45) is 9.29. The predicted octanol–water partition coefficient (Wildman–Crippen LogP) is 3.55. The fourth-order valence-electron chi connectivity index (χ4n) is 3.40. The molecule has 1 heterocycles. The van der Waals surface area contributed by atoms with Crippen LogP contribution in [0.5, 0.6) is 0 Å². The van der Waals surface area contributed by atoms with Gasteiger partial charge in [-0.1, -0.05) is 25.7 Å². The number of nitro groups is 1. The van der Waals surface area contributed by atoms with Gasteiger partial charge in [0.05, 0.1) is 4.92 Å². The maximum atomic E-state index is 12.5.